The minimum atomic E-state index is -0.964. The van der Waals surface area contributed by atoms with Crippen molar-refractivity contribution in [1.82, 2.24) is 0 Å². The molecule has 4 rings (SSSR count). The van der Waals surface area contributed by atoms with Gasteiger partial charge in [-0.1, -0.05) is 84.9 Å². The highest BCUT2D eigenvalue weighted by molar-refractivity contribution is 5.85. The van der Waals surface area contributed by atoms with Gasteiger partial charge in [0, 0.05) is 6.08 Å². The molecule has 0 saturated heterocycles. The first-order chi connectivity index (χ1) is 15.2. The number of benzene rings is 4. The quantitative estimate of drug-likeness (QED) is 0.348. The van der Waals surface area contributed by atoms with Crippen molar-refractivity contribution in [3.63, 3.8) is 0 Å². The van der Waals surface area contributed by atoms with Crippen LogP contribution in [0.3, 0.4) is 0 Å². The van der Waals surface area contributed by atoms with Crippen LogP contribution < -0.4 is 4.74 Å². The van der Waals surface area contributed by atoms with Gasteiger partial charge in [-0.25, -0.2) is 4.79 Å². The summed E-state index contributed by atoms with van der Waals surface area (Å²) in [5, 5.41) is 8.81. The highest BCUT2D eigenvalue weighted by Crippen LogP contribution is 2.35. The molecule has 0 amide bonds. The number of aliphatic carboxylic acids is 1. The number of carboxylic acids is 1. The summed E-state index contributed by atoms with van der Waals surface area (Å²) in [5.74, 6) is -0.182. The lowest BCUT2D eigenvalue weighted by molar-refractivity contribution is -0.131. The first-order valence-electron chi connectivity index (χ1n) is 10.1. The fourth-order valence-corrected chi connectivity index (χ4v) is 3.46. The van der Waals surface area contributed by atoms with Gasteiger partial charge in [-0.15, -0.1) is 0 Å². The second-order valence-corrected chi connectivity index (χ2v) is 7.14. The first kappa shape index (κ1) is 20.2. The van der Waals surface area contributed by atoms with Crippen LogP contribution in [-0.2, 0) is 11.4 Å². The van der Waals surface area contributed by atoms with E-state index in [1.165, 1.54) is 0 Å². The molecule has 1 N–H and O–H groups in total. The Morgan fingerprint density at radius 3 is 2.10 bits per heavy atom. The maximum absolute atomic E-state index is 10.7. The van der Waals surface area contributed by atoms with Gasteiger partial charge in [0.1, 0.15) is 12.4 Å². The Morgan fingerprint density at radius 2 is 1.42 bits per heavy atom. The lowest BCUT2D eigenvalue weighted by Crippen LogP contribution is -1.97. The molecule has 152 valence electrons. The third-order valence-electron chi connectivity index (χ3n) is 4.94. The molecule has 0 spiro atoms. The zero-order valence-corrected chi connectivity index (χ0v) is 16.9. The summed E-state index contributed by atoms with van der Waals surface area (Å²) < 4.78 is 6.09. The van der Waals surface area contributed by atoms with Crippen LogP contribution in [0.15, 0.2) is 109 Å². The molecule has 0 unspecified atom stereocenters. The third-order valence-corrected chi connectivity index (χ3v) is 4.94. The van der Waals surface area contributed by atoms with Crippen molar-refractivity contribution in [2.24, 2.45) is 0 Å². The fourth-order valence-electron chi connectivity index (χ4n) is 3.46. The molecule has 4 aromatic rings. The Kier molecular flexibility index (Phi) is 6.24. The summed E-state index contributed by atoms with van der Waals surface area (Å²) >= 11 is 0. The van der Waals surface area contributed by atoms with E-state index in [1.807, 2.05) is 66.7 Å². The predicted molar refractivity (Wildman–Crippen MR) is 125 cm³/mol. The van der Waals surface area contributed by atoms with Crippen LogP contribution in [0.1, 0.15) is 11.1 Å². The van der Waals surface area contributed by atoms with Crippen molar-refractivity contribution in [1.29, 1.82) is 0 Å². The number of rotatable bonds is 7. The smallest absolute Gasteiger partial charge is 0.328 e. The van der Waals surface area contributed by atoms with Crippen molar-refractivity contribution in [2.75, 3.05) is 0 Å². The molecular weight excluding hydrogens is 384 g/mol. The van der Waals surface area contributed by atoms with Crippen LogP contribution >= 0.6 is 0 Å². The fraction of sp³-hybridized carbons (Fsp3) is 0.0357. The molecule has 0 heterocycles. The van der Waals surface area contributed by atoms with Gasteiger partial charge in [0.2, 0.25) is 0 Å². The molecule has 3 nitrogen and oxygen atoms in total. The van der Waals surface area contributed by atoms with Gasteiger partial charge in [-0.05, 0) is 57.7 Å². The van der Waals surface area contributed by atoms with Crippen LogP contribution in [0.4, 0.5) is 0 Å². The normalized spacial score (nSPS) is 10.8. The topological polar surface area (TPSA) is 46.5 Å². The van der Waals surface area contributed by atoms with Crippen molar-refractivity contribution in [3.8, 4) is 28.0 Å². The Labute approximate surface area is 181 Å². The average molecular weight is 406 g/mol. The largest absolute Gasteiger partial charge is 0.489 e. The molecular formula is C28H22O3. The SMILES string of the molecule is O=C(O)/C=C/c1cccc(COc2ccc(-c3ccccc3)c(-c3ccccc3)c2)c1. The van der Waals surface area contributed by atoms with Gasteiger partial charge in [-0.2, -0.15) is 0 Å². The number of ether oxygens (including phenoxy) is 1. The lowest BCUT2D eigenvalue weighted by atomic mass is 9.94. The first-order valence-corrected chi connectivity index (χ1v) is 10.1. The van der Waals surface area contributed by atoms with Crippen molar-refractivity contribution in [3.05, 3.63) is 120 Å². The minimum absolute atomic E-state index is 0.396. The van der Waals surface area contributed by atoms with Crippen LogP contribution in [-0.4, -0.2) is 11.1 Å². The predicted octanol–water partition coefficient (Wildman–Crippen LogP) is 6.70. The molecule has 0 aliphatic heterocycles. The van der Waals surface area contributed by atoms with Gasteiger partial charge in [0.15, 0.2) is 0 Å². The van der Waals surface area contributed by atoms with Crippen LogP contribution in [0.5, 0.6) is 5.75 Å². The van der Waals surface area contributed by atoms with Crippen LogP contribution in [0.2, 0.25) is 0 Å². The van der Waals surface area contributed by atoms with Gasteiger partial charge in [0.25, 0.3) is 0 Å². The van der Waals surface area contributed by atoms with Crippen molar-refractivity contribution in [2.45, 2.75) is 6.61 Å². The summed E-state index contributed by atoms with van der Waals surface area (Å²) in [6.45, 7) is 0.396. The monoisotopic (exact) mass is 406 g/mol. The number of carbonyl (C=O) groups is 1. The lowest BCUT2D eigenvalue weighted by Gasteiger charge is -2.14. The number of carboxylic acid groups (broad SMARTS) is 1. The van der Waals surface area contributed by atoms with E-state index in [-0.39, 0.29) is 0 Å². The Morgan fingerprint density at radius 1 is 0.742 bits per heavy atom. The van der Waals surface area contributed by atoms with E-state index in [4.69, 9.17) is 9.84 Å². The van der Waals surface area contributed by atoms with E-state index in [0.717, 1.165) is 45.2 Å². The zero-order valence-electron chi connectivity index (χ0n) is 16.9. The second kappa shape index (κ2) is 9.59. The molecule has 0 fully saturated rings. The Hall–Kier alpha value is -4.11. The van der Waals surface area contributed by atoms with Crippen LogP contribution in [0, 0.1) is 0 Å². The number of hydrogen-bond acceptors (Lipinski definition) is 2. The van der Waals surface area contributed by atoms with E-state index in [1.54, 1.807) is 6.08 Å². The molecule has 31 heavy (non-hydrogen) atoms. The Balaban J connectivity index is 1.60. The maximum Gasteiger partial charge on any atom is 0.328 e. The molecule has 3 heteroatoms. The van der Waals surface area contributed by atoms with Crippen molar-refractivity contribution >= 4 is 12.0 Å². The van der Waals surface area contributed by atoms with Gasteiger partial charge >= 0.3 is 5.97 Å². The highest BCUT2D eigenvalue weighted by Gasteiger charge is 2.09. The molecule has 0 aliphatic rings. The second-order valence-electron chi connectivity index (χ2n) is 7.14. The van der Waals surface area contributed by atoms with Gasteiger partial charge in [-0.3, -0.25) is 0 Å². The van der Waals surface area contributed by atoms with E-state index in [9.17, 15) is 4.79 Å². The van der Waals surface area contributed by atoms with E-state index in [2.05, 4.69) is 36.4 Å². The zero-order chi connectivity index (χ0) is 21.5. The van der Waals surface area contributed by atoms with Gasteiger partial charge in [0.05, 0.1) is 0 Å². The van der Waals surface area contributed by atoms with Crippen molar-refractivity contribution < 1.29 is 14.6 Å². The van der Waals surface area contributed by atoms with Gasteiger partial charge < -0.3 is 9.84 Å². The standard InChI is InChI=1S/C28H22O3/c29-28(30)17-14-21-8-7-9-22(18-21)20-31-25-15-16-26(23-10-3-1-4-11-23)27(19-25)24-12-5-2-6-13-24/h1-19H,20H2,(H,29,30)/b17-14+. The molecule has 0 radical (unpaired) electrons. The Bertz CT molecular complexity index is 1200. The molecule has 0 saturated carbocycles. The number of hydrogen-bond donors (Lipinski definition) is 1. The summed E-state index contributed by atoms with van der Waals surface area (Å²) in [4.78, 5) is 10.7. The van der Waals surface area contributed by atoms with E-state index >= 15 is 0 Å². The molecule has 0 aliphatic carbocycles. The van der Waals surface area contributed by atoms with Crippen LogP contribution in [0.25, 0.3) is 28.3 Å². The summed E-state index contributed by atoms with van der Waals surface area (Å²) in [7, 11) is 0. The minimum Gasteiger partial charge on any atom is -0.489 e. The third kappa shape index (κ3) is 5.28. The molecule has 4 aromatic carbocycles. The van der Waals surface area contributed by atoms with E-state index < -0.39 is 5.97 Å². The maximum atomic E-state index is 10.7. The average Bonchev–Trinajstić information content (AvgIpc) is 2.83. The molecule has 0 bridgehead atoms. The highest BCUT2D eigenvalue weighted by atomic mass is 16.5. The molecule has 0 atom stereocenters. The summed E-state index contributed by atoms with van der Waals surface area (Å²) in [5.41, 5.74) is 6.36. The van der Waals surface area contributed by atoms with E-state index in [0.29, 0.717) is 6.61 Å². The summed E-state index contributed by atoms with van der Waals surface area (Å²) in [6, 6.07) is 34.4. The molecule has 0 aromatic heterocycles. The summed E-state index contributed by atoms with van der Waals surface area (Å²) in [6.07, 6.45) is 2.71.